The predicted molar refractivity (Wildman–Crippen MR) is 69.2 cm³/mol. The van der Waals surface area contributed by atoms with Gasteiger partial charge in [-0.2, -0.15) is 0 Å². The summed E-state index contributed by atoms with van der Waals surface area (Å²) in [5.41, 5.74) is 0.706. The smallest absolute Gasteiger partial charge is 0.166 e. The fourth-order valence-corrected chi connectivity index (χ4v) is 1.93. The molecule has 0 heterocycles. The van der Waals surface area contributed by atoms with E-state index in [0.717, 1.165) is 6.42 Å². The molecule has 1 aromatic carbocycles. The molecule has 0 fully saturated rings. The number of ether oxygens (including phenoxy) is 3. The Morgan fingerprint density at radius 3 is 2.44 bits per heavy atom. The Morgan fingerprint density at radius 2 is 1.94 bits per heavy atom. The molecule has 0 bridgehead atoms. The molecule has 1 unspecified atom stereocenters. The fourth-order valence-electron chi connectivity index (χ4n) is 1.93. The lowest BCUT2D eigenvalue weighted by Crippen LogP contribution is -2.15. The van der Waals surface area contributed by atoms with Crippen molar-refractivity contribution in [1.82, 2.24) is 0 Å². The van der Waals surface area contributed by atoms with E-state index >= 15 is 0 Å². The van der Waals surface area contributed by atoms with Crippen molar-refractivity contribution in [3.05, 3.63) is 23.8 Å². The van der Waals surface area contributed by atoms with Crippen LogP contribution in [0.15, 0.2) is 18.2 Å². The zero-order valence-corrected chi connectivity index (χ0v) is 11.4. The van der Waals surface area contributed by atoms with Gasteiger partial charge in [0.25, 0.3) is 0 Å². The fraction of sp³-hybridized carbons (Fsp3) is 0.500. The van der Waals surface area contributed by atoms with Crippen LogP contribution in [-0.2, 0) is 9.53 Å². The molecule has 1 atom stereocenters. The SMILES string of the molecule is CCCC(=O)C(OC)c1cccc(OC)c1OC. The van der Waals surface area contributed by atoms with Crippen LogP contribution < -0.4 is 9.47 Å². The molecule has 0 spiro atoms. The number of ketones is 1. The molecular formula is C14H20O4. The molecule has 0 aliphatic heterocycles. The molecule has 0 radical (unpaired) electrons. The van der Waals surface area contributed by atoms with Crippen LogP contribution in [0.4, 0.5) is 0 Å². The number of methoxy groups -OCH3 is 3. The second-order valence-corrected chi connectivity index (χ2v) is 3.91. The van der Waals surface area contributed by atoms with Gasteiger partial charge in [-0.3, -0.25) is 4.79 Å². The third-order valence-corrected chi connectivity index (χ3v) is 2.74. The third kappa shape index (κ3) is 3.01. The number of hydrogen-bond acceptors (Lipinski definition) is 4. The Kier molecular flexibility index (Phi) is 5.65. The van der Waals surface area contributed by atoms with Crippen molar-refractivity contribution in [1.29, 1.82) is 0 Å². The van der Waals surface area contributed by atoms with E-state index in [9.17, 15) is 4.79 Å². The summed E-state index contributed by atoms with van der Waals surface area (Å²) in [6.07, 6.45) is 0.680. The maximum atomic E-state index is 12.0. The average Bonchev–Trinajstić information content (AvgIpc) is 2.39. The number of hydrogen-bond donors (Lipinski definition) is 0. The van der Waals surface area contributed by atoms with Crippen LogP contribution in [-0.4, -0.2) is 27.1 Å². The highest BCUT2D eigenvalue weighted by atomic mass is 16.5. The van der Waals surface area contributed by atoms with Gasteiger partial charge < -0.3 is 14.2 Å². The van der Waals surface area contributed by atoms with Gasteiger partial charge >= 0.3 is 0 Å². The first-order valence-corrected chi connectivity index (χ1v) is 5.95. The Bertz CT molecular complexity index is 401. The molecule has 0 aliphatic carbocycles. The van der Waals surface area contributed by atoms with E-state index in [1.54, 1.807) is 20.3 Å². The molecule has 0 saturated heterocycles. The lowest BCUT2D eigenvalue weighted by molar-refractivity contribution is -0.129. The quantitative estimate of drug-likeness (QED) is 0.748. The molecule has 4 nitrogen and oxygen atoms in total. The topological polar surface area (TPSA) is 44.8 Å². The Hall–Kier alpha value is -1.55. The summed E-state index contributed by atoms with van der Waals surface area (Å²) in [5.74, 6) is 1.20. The van der Waals surface area contributed by atoms with E-state index in [1.165, 1.54) is 7.11 Å². The zero-order chi connectivity index (χ0) is 13.5. The van der Waals surface area contributed by atoms with Gasteiger partial charge in [0.2, 0.25) is 0 Å². The first kappa shape index (κ1) is 14.5. The number of carbonyl (C=O) groups excluding carboxylic acids is 1. The number of para-hydroxylation sites is 1. The van der Waals surface area contributed by atoms with Crippen molar-refractivity contribution >= 4 is 5.78 Å². The second-order valence-electron chi connectivity index (χ2n) is 3.91. The van der Waals surface area contributed by atoms with Crippen molar-refractivity contribution in [3.8, 4) is 11.5 Å². The van der Waals surface area contributed by atoms with Crippen LogP contribution in [0, 0.1) is 0 Å². The predicted octanol–water partition coefficient (Wildman–Crippen LogP) is 2.76. The maximum Gasteiger partial charge on any atom is 0.166 e. The lowest BCUT2D eigenvalue weighted by atomic mass is 10.0. The Balaban J connectivity index is 3.16. The van der Waals surface area contributed by atoms with Crippen molar-refractivity contribution < 1.29 is 19.0 Å². The summed E-state index contributed by atoms with van der Waals surface area (Å²) < 4.78 is 15.8. The summed E-state index contributed by atoms with van der Waals surface area (Å²) in [6.45, 7) is 1.97. The first-order valence-electron chi connectivity index (χ1n) is 5.95. The molecule has 100 valence electrons. The maximum absolute atomic E-state index is 12.0. The van der Waals surface area contributed by atoms with Gasteiger partial charge in [0.15, 0.2) is 17.3 Å². The van der Waals surface area contributed by atoms with Crippen molar-refractivity contribution in [2.75, 3.05) is 21.3 Å². The lowest BCUT2D eigenvalue weighted by Gasteiger charge is -2.19. The van der Waals surface area contributed by atoms with Crippen LogP contribution in [0.5, 0.6) is 11.5 Å². The standard InChI is InChI=1S/C14H20O4/c1-5-7-11(15)13(17-3)10-8-6-9-12(16-2)14(10)18-4/h6,8-9,13H,5,7H2,1-4H3. The monoisotopic (exact) mass is 252 g/mol. The van der Waals surface area contributed by atoms with Gasteiger partial charge in [0.1, 0.15) is 6.10 Å². The minimum absolute atomic E-state index is 0.0477. The second kappa shape index (κ2) is 7.01. The third-order valence-electron chi connectivity index (χ3n) is 2.74. The summed E-state index contributed by atoms with van der Waals surface area (Å²) in [4.78, 5) is 12.0. The van der Waals surface area contributed by atoms with Crippen molar-refractivity contribution in [2.24, 2.45) is 0 Å². The van der Waals surface area contributed by atoms with Gasteiger partial charge in [-0.25, -0.2) is 0 Å². The van der Waals surface area contributed by atoms with E-state index in [4.69, 9.17) is 14.2 Å². The highest BCUT2D eigenvalue weighted by molar-refractivity contribution is 5.85. The van der Waals surface area contributed by atoms with Crippen molar-refractivity contribution in [2.45, 2.75) is 25.9 Å². The van der Waals surface area contributed by atoms with Crippen LogP contribution in [0.25, 0.3) is 0 Å². The first-order chi connectivity index (χ1) is 8.69. The average molecular weight is 252 g/mol. The van der Waals surface area contributed by atoms with Crippen molar-refractivity contribution in [3.63, 3.8) is 0 Å². The van der Waals surface area contributed by atoms with E-state index in [1.807, 2.05) is 19.1 Å². The Morgan fingerprint density at radius 1 is 1.22 bits per heavy atom. The van der Waals surface area contributed by atoms with E-state index in [-0.39, 0.29) is 5.78 Å². The van der Waals surface area contributed by atoms with Crippen LogP contribution in [0.3, 0.4) is 0 Å². The molecule has 1 rings (SSSR count). The molecule has 0 aromatic heterocycles. The van der Waals surface area contributed by atoms with Gasteiger partial charge in [0, 0.05) is 19.1 Å². The summed E-state index contributed by atoms with van der Waals surface area (Å²) in [7, 11) is 4.65. The minimum Gasteiger partial charge on any atom is -0.493 e. The molecule has 18 heavy (non-hydrogen) atoms. The molecule has 4 heteroatoms. The Labute approximate surface area is 108 Å². The largest absolute Gasteiger partial charge is 0.493 e. The van der Waals surface area contributed by atoms with Gasteiger partial charge in [-0.15, -0.1) is 0 Å². The molecular weight excluding hydrogens is 232 g/mol. The van der Waals surface area contributed by atoms with Gasteiger partial charge in [-0.1, -0.05) is 19.1 Å². The van der Waals surface area contributed by atoms with Crippen LogP contribution in [0.1, 0.15) is 31.4 Å². The summed E-state index contributed by atoms with van der Waals surface area (Å²) in [6, 6.07) is 5.43. The van der Waals surface area contributed by atoms with Gasteiger partial charge in [-0.05, 0) is 12.5 Å². The highest BCUT2D eigenvalue weighted by Gasteiger charge is 2.24. The molecule has 0 aliphatic rings. The number of rotatable bonds is 7. The molecule has 1 aromatic rings. The number of carbonyl (C=O) groups is 1. The number of benzene rings is 1. The highest BCUT2D eigenvalue weighted by Crippen LogP contribution is 2.36. The zero-order valence-electron chi connectivity index (χ0n) is 11.4. The van der Waals surface area contributed by atoms with Crippen LogP contribution in [0.2, 0.25) is 0 Å². The van der Waals surface area contributed by atoms with Gasteiger partial charge in [0.05, 0.1) is 14.2 Å². The summed E-state index contributed by atoms with van der Waals surface area (Å²) >= 11 is 0. The normalized spacial score (nSPS) is 12.0. The molecule has 0 amide bonds. The minimum atomic E-state index is -0.602. The number of Topliss-reactive ketones (excluding diaryl/α,β-unsaturated/α-hetero) is 1. The molecule has 0 N–H and O–H groups in total. The molecule has 0 saturated carbocycles. The van der Waals surface area contributed by atoms with E-state index in [0.29, 0.717) is 23.5 Å². The van der Waals surface area contributed by atoms with E-state index < -0.39 is 6.10 Å². The van der Waals surface area contributed by atoms with E-state index in [2.05, 4.69) is 0 Å². The summed E-state index contributed by atoms with van der Waals surface area (Å²) in [5, 5.41) is 0. The van der Waals surface area contributed by atoms with Crippen LogP contribution >= 0.6 is 0 Å².